The highest BCUT2D eigenvalue weighted by Gasteiger charge is 2.17. The second-order valence-electron chi connectivity index (χ2n) is 4.97. The van der Waals surface area contributed by atoms with Crippen molar-refractivity contribution in [2.24, 2.45) is 10.3 Å². The van der Waals surface area contributed by atoms with Crippen molar-refractivity contribution >= 4 is 17.4 Å². The lowest BCUT2D eigenvalue weighted by molar-refractivity contribution is -0.117. The van der Waals surface area contributed by atoms with E-state index in [-0.39, 0.29) is 28.3 Å². The average Bonchev–Trinajstić information content (AvgIpc) is 2.56. The molecule has 0 saturated carbocycles. The smallest absolute Gasteiger partial charge is 0.267 e. The lowest BCUT2D eigenvalue weighted by Crippen LogP contribution is -2.16. The summed E-state index contributed by atoms with van der Waals surface area (Å²) in [6.45, 7) is 4.94. The van der Waals surface area contributed by atoms with Gasteiger partial charge < -0.3 is 10.2 Å². The van der Waals surface area contributed by atoms with Crippen molar-refractivity contribution in [1.82, 2.24) is 5.43 Å². The van der Waals surface area contributed by atoms with Gasteiger partial charge in [0.05, 0.1) is 5.56 Å². The first-order chi connectivity index (χ1) is 11.4. The van der Waals surface area contributed by atoms with Gasteiger partial charge in [0.25, 0.3) is 5.91 Å². The highest BCUT2D eigenvalue weighted by atomic mass is 16.3. The summed E-state index contributed by atoms with van der Waals surface area (Å²) in [5.41, 5.74) is 2.61. The van der Waals surface area contributed by atoms with Gasteiger partial charge >= 0.3 is 0 Å². The Morgan fingerprint density at radius 3 is 2.38 bits per heavy atom. The van der Waals surface area contributed by atoms with E-state index in [1.165, 1.54) is 13.0 Å². The maximum absolute atomic E-state index is 12.4. The second-order valence-corrected chi connectivity index (χ2v) is 4.97. The van der Waals surface area contributed by atoms with Gasteiger partial charge in [0.15, 0.2) is 5.78 Å². The van der Waals surface area contributed by atoms with Crippen molar-refractivity contribution < 1.29 is 19.8 Å². The zero-order valence-corrected chi connectivity index (χ0v) is 12.9. The Bertz CT molecular complexity index is 829. The molecule has 0 heterocycles. The maximum atomic E-state index is 12.4. The number of amides is 1. The molecular formula is C17H15N3O4. The number of rotatable bonds is 5. The summed E-state index contributed by atoms with van der Waals surface area (Å²) in [5.74, 6) is -1.73. The SMILES string of the molecule is C=C(C)C(=O)NN=Nc1cc(C(=O)c2ccccc2)c(O)cc1O. The molecule has 2 aromatic rings. The molecule has 0 bridgehead atoms. The van der Waals surface area contributed by atoms with E-state index < -0.39 is 11.7 Å². The van der Waals surface area contributed by atoms with Gasteiger partial charge in [0.2, 0.25) is 0 Å². The summed E-state index contributed by atoms with van der Waals surface area (Å²) in [4.78, 5) is 23.7. The molecule has 0 aliphatic rings. The third-order valence-corrected chi connectivity index (χ3v) is 3.07. The Morgan fingerprint density at radius 1 is 1.08 bits per heavy atom. The third kappa shape index (κ3) is 3.83. The summed E-state index contributed by atoms with van der Waals surface area (Å²) < 4.78 is 0. The fraction of sp³-hybridized carbons (Fsp3) is 0.0588. The van der Waals surface area contributed by atoms with Gasteiger partial charge in [-0.25, -0.2) is 5.43 Å². The number of nitrogens with zero attached hydrogens (tertiary/aromatic N) is 2. The number of nitrogens with one attached hydrogen (secondary N) is 1. The van der Waals surface area contributed by atoms with E-state index in [1.807, 2.05) is 0 Å². The quantitative estimate of drug-likeness (QED) is 0.339. The fourth-order valence-corrected chi connectivity index (χ4v) is 1.79. The Balaban J connectivity index is 2.31. The first kappa shape index (κ1) is 16.9. The molecule has 7 heteroatoms. The summed E-state index contributed by atoms with van der Waals surface area (Å²) in [5, 5.41) is 26.8. The monoisotopic (exact) mass is 325 g/mol. The number of ketones is 1. The van der Waals surface area contributed by atoms with Gasteiger partial charge in [-0.1, -0.05) is 42.1 Å². The summed E-state index contributed by atoms with van der Waals surface area (Å²) >= 11 is 0. The molecule has 0 aromatic heterocycles. The Morgan fingerprint density at radius 2 is 1.75 bits per heavy atom. The first-order valence-corrected chi connectivity index (χ1v) is 6.92. The molecule has 0 aliphatic carbocycles. The number of phenolic OH excluding ortho intramolecular Hbond substituents is 2. The van der Waals surface area contributed by atoms with Gasteiger partial charge in [-0.05, 0) is 13.0 Å². The predicted octanol–water partition coefficient (Wildman–Crippen LogP) is 3.02. The normalized spacial score (nSPS) is 10.5. The van der Waals surface area contributed by atoms with Crippen LogP contribution in [0.2, 0.25) is 0 Å². The topological polar surface area (TPSA) is 111 Å². The van der Waals surface area contributed by atoms with E-state index in [2.05, 4.69) is 22.3 Å². The Labute approximate surface area is 138 Å². The summed E-state index contributed by atoms with van der Waals surface area (Å²) in [7, 11) is 0. The standard InChI is InChI=1S/C17H15N3O4/c1-10(2)17(24)19-20-18-13-8-12(14(21)9-15(13)22)16(23)11-6-4-3-5-7-11/h3-9,21-22H,1H2,2H3,(H,18,19,24). The van der Waals surface area contributed by atoms with Crippen LogP contribution in [0.3, 0.4) is 0 Å². The molecule has 122 valence electrons. The van der Waals surface area contributed by atoms with Crippen molar-refractivity contribution in [1.29, 1.82) is 0 Å². The highest BCUT2D eigenvalue weighted by molar-refractivity contribution is 6.11. The molecule has 0 atom stereocenters. The van der Waals surface area contributed by atoms with Crippen LogP contribution in [0, 0.1) is 0 Å². The zero-order chi connectivity index (χ0) is 17.7. The molecular weight excluding hydrogens is 310 g/mol. The first-order valence-electron chi connectivity index (χ1n) is 6.92. The van der Waals surface area contributed by atoms with E-state index in [1.54, 1.807) is 30.3 Å². The molecule has 7 nitrogen and oxygen atoms in total. The number of carbonyl (C=O) groups excluding carboxylic acids is 2. The highest BCUT2D eigenvalue weighted by Crippen LogP contribution is 2.34. The van der Waals surface area contributed by atoms with Crippen LogP contribution in [-0.4, -0.2) is 21.9 Å². The van der Waals surface area contributed by atoms with E-state index in [9.17, 15) is 19.8 Å². The molecule has 1 amide bonds. The van der Waals surface area contributed by atoms with Crippen molar-refractivity contribution in [3.63, 3.8) is 0 Å². The molecule has 24 heavy (non-hydrogen) atoms. The zero-order valence-electron chi connectivity index (χ0n) is 12.9. The molecule has 0 saturated heterocycles. The molecule has 0 unspecified atom stereocenters. The number of hydrogen-bond acceptors (Lipinski definition) is 6. The minimum Gasteiger partial charge on any atom is -0.507 e. The molecule has 2 rings (SSSR count). The lowest BCUT2D eigenvalue weighted by atomic mass is 10.0. The molecule has 0 spiro atoms. The van der Waals surface area contributed by atoms with E-state index >= 15 is 0 Å². The molecule has 2 aromatic carbocycles. The Hall–Kier alpha value is -3.48. The number of aromatic hydroxyl groups is 2. The molecule has 3 N–H and O–H groups in total. The second kappa shape index (κ2) is 7.19. The van der Waals surface area contributed by atoms with Crippen molar-refractivity contribution in [3.05, 3.63) is 65.7 Å². The van der Waals surface area contributed by atoms with Crippen LogP contribution in [0.1, 0.15) is 22.8 Å². The third-order valence-electron chi connectivity index (χ3n) is 3.07. The predicted molar refractivity (Wildman–Crippen MR) is 87.1 cm³/mol. The molecule has 0 aliphatic heterocycles. The summed E-state index contributed by atoms with van der Waals surface area (Å²) in [6, 6.07) is 10.5. The minimum absolute atomic E-state index is 0.0424. The van der Waals surface area contributed by atoms with E-state index in [4.69, 9.17) is 0 Å². The van der Waals surface area contributed by atoms with Crippen LogP contribution < -0.4 is 5.43 Å². The van der Waals surface area contributed by atoms with Crippen molar-refractivity contribution in [2.45, 2.75) is 6.92 Å². The van der Waals surface area contributed by atoms with Gasteiger partial charge in [-0.3, -0.25) is 9.59 Å². The lowest BCUT2D eigenvalue weighted by Gasteiger charge is -2.06. The van der Waals surface area contributed by atoms with Crippen LogP contribution in [0.15, 0.2) is 65.0 Å². The van der Waals surface area contributed by atoms with Crippen LogP contribution in [0.5, 0.6) is 11.5 Å². The van der Waals surface area contributed by atoms with Gasteiger partial charge in [0, 0.05) is 17.2 Å². The number of benzene rings is 2. The van der Waals surface area contributed by atoms with Gasteiger partial charge in [-0.15, -0.1) is 5.11 Å². The molecule has 0 radical (unpaired) electrons. The van der Waals surface area contributed by atoms with Gasteiger partial charge in [0.1, 0.15) is 17.2 Å². The van der Waals surface area contributed by atoms with Crippen LogP contribution in [-0.2, 0) is 4.79 Å². The number of carbonyl (C=O) groups is 2. The molecule has 0 fully saturated rings. The van der Waals surface area contributed by atoms with Crippen LogP contribution in [0.25, 0.3) is 0 Å². The minimum atomic E-state index is -0.530. The summed E-state index contributed by atoms with van der Waals surface area (Å²) in [6.07, 6.45) is 0. The van der Waals surface area contributed by atoms with Crippen LogP contribution >= 0.6 is 0 Å². The maximum Gasteiger partial charge on any atom is 0.267 e. The van der Waals surface area contributed by atoms with Crippen molar-refractivity contribution in [3.8, 4) is 11.5 Å². The van der Waals surface area contributed by atoms with Crippen molar-refractivity contribution in [2.75, 3.05) is 0 Å². The fourth-order valence-electron chi connectivity index (χ4n) is 1.79. The average molecular weight is 325 g/mol. The van der Waals surface area contributed by atoms with Crippen LogP contribution in [0.4, 0.5) is 5.69 Å². The van der Waals surface area contributed by atoms with E-state index in [0.29, 0.717) is 5.56 Å². The van der Waals surface area contributed by atoms with Gasteiger partial charge in [-0.2, -0.15) is 0 Å². The van der Waals surface area contributed by atoms with E-state index in [0.717, 1.165) is 6.07 Å². The number of hydrogen-bond donors (Lipinski definition) is 3. The Kier molecular flexibility index (Phi) is 5.06. The number of phenols is 2. The largest absolute Gasteiger partial charge is 0.507 e.